The number of benzene rings is 1. The predicted molar refractivity (Wildman–Crippen MR) is 127 cm³/mol. The van der Waals surface area contributed by atoms with Crippen LogP contribution in [-0.4, -0.2) is 43.5 Å². The number of aryl methyl sites for hydroxylation is 2. The Bertz CT molecular complexity index is 1370. The zero-order valence-corrected chi connectivity index (χ0v) is 19.5. The van der Waals surface area contributed by atoms with E-state index < -0.39 is 0 Å². The average molecular weight is 470 g/mol. The number of hydrogen-bond donors (Lipinski definition) is 1. The van der Waals surface area contributed by atoms with E-state index in [1.807, 2.05) is 47.9 Å². The third-order valence-electron chi connectivity index (χ3n) is 5.59. The Morgan fingerprint density at radius 2 is 2.19 bits per heavy atom. The number of carbonyl (C=O) groups is 1. The SMILES string of the molecule is Cc1ccc(C)c(NC(=O)CSc2nnc3n(CC4CCCO4)c(=O)c4sccc4n23)c1. The summed E-state index contributed by atoms with van der Waals surface area (Å²) in [7, 11) is 0. The van der Waals surface area contributed by atoms with Gasteiger partial charge in [-0.1, -0.05) is 23.9 Å². The molecule has 32 heavy (non-hydrogen) atoms. The van der Waals surface area contributed by atoms with Crippen LogP contribution in [-0.2, 0) is 16.1 Å². The quantitative estimate of drug-likeness (QED) is 0.434. The molecular formula is C22H23N5O3S2. The van der Waals surface area contributed by atoms with Crippen molar-refractivity contribution in [3.63, 3.8) is 0 Å². The lowest BCUT2D eigenvalue weighted by molar-refractivity contribution is -0.113. The third kappa shape index (κ3) is 3.94. The highest BCUT2D eigenvalue weighted by molar-refractivity contribution is 7.99. The van der Waals surface area contributed by atoms with Crippen LogP contribution in [0.5, 0.6) is 0 Å². The highest BCUT2D eigenvalue weighted by Gasteiger charge is 2.23. The summed E-state index contributed by atoms with van der Waals surface area (Å²) in [5.74, 6) is 0.550. The van der Waals surface area contributed by atoms with Crippen LogP contribution in [0.4, 0.5) is 5.69 Å². The highest BCUT2D eigenvalue weighted by atomic mass is 32.2. The number of nitrogens with zero attached hydrogens (tertiary/aromatic N) is 4. The van der Waals surface area contributed by atoms with Gasteiger partial charge < -0.3 is 10.1 Å². The fourth-order valence-electron chi connectivity index (χ4n) is 3.94. The Labute approximate surface area is 192 Å². The molecule has 0 spiro atoms. The number of fused-ring (bicyclic) bond motifs is 3. The Hall–Kier alpha value is -2.69. The number of hydrogen-bond acceptors (Lipinski definition) is 7. The lowest BCUT2D eigenvalue weighted by Crippen LogP contribution is -2.28. The molecule has 4 aromatic rings. The number of rotatable bonds is 6. The first-order valence-electron chi connectivity index (χ1n) is 10.5. The molecule has 4 heterocycles. The zero-order valence-electron chi connectivity index (χ0n) is 17.8. The van der Waals surface area contributed by atoms with Gasteiger partial charge in [-0.25, -0.2) is 0 Å². The Kier molecular flexibility index (Phi) is 5.75. The van der Waals surface area contributed by atoms with Crippen molar-refractivity contribution in [2.45, 2.75) is 44.5 Å². The largest absolute Gasteiger partial charge is 0.376 e. The minimum atomic E-state index is -0.116. The van der Waals surface area contributed by atoms with Gasteiger partial charge in [-0.05, 0) is 55.3 Å². The fraction of sp³-hybridized carbons (Fsp3) is 0.364. The minimum Gasteiger partial charge on any atom is -0.376 e. The predicted octanol–water partition coefficient (Wildman–Crippen LogP) is 3.63. The van der Waals surface area contributed by atoms with Crippen molar-refractivity contribution >= 4 is 50.7 Å². The summed E-state index contributed by atoms with van der Waals surface area (Å²) >= 11 is 2.71. The molecule has 1 atom stereocenters. The molecule has 0 saturated carbocycles. The second kappa shape index (κ2) is 8.68. The lowest BCUT2D eigenvalue weighted by atomic mass is 10.1. The first kappa shape index (κ1) is 21.2. The third-order valence-corrected chi connectivity index (χ3v) is 7.41. The van der Waals surface area contributed by atoms with Gasteiger partial charge in [0, 0.05) is 12.3 Å². The van der Waals surface area contributed by atoms with E-state index in [1.54, 1.807) is 4.57 Å². The van der Waals surface area contributed by atoms with Crippen molar-refractivity contribution in [3.8, 4) is 0 Å². The first-order valence-corrected chi connectivity index (χ1v) is 12.3. The van der Waals surface area contributed by atoms with E-state index in [2.05, 4.69) is 15.5 Å². The second-order valence-corrected chi connectivity index (χ2v) is 9.82. The molecule has 1 aromatic carbocycles. The first-order chi connectivity index (χ1) is 15.5. The van der Waals surface area contributed by atoms with E-state index in [0.29, 0.717) is 22.2 Å². The number of amides is 1. The van der Waals surface area contributed by atoms with Crippen LogP contribution >= 0.6 is 23.1 Å². The van der Waals surface area contributed by atoms with E-state index >= 15 is 0 Å². The molecule has 8 nitrogen and oxygen atoms in total. The highest BCUT2D eigenvalue weighted by Crippen LogP contribution is 2.26. The summed E-state index contributed by atoms with van der Waals surface area (Å²) in [5, 5.41) is 14.1. The van der Waals surface area contributed by atoms with Gasteiger partial charge in [0.1, 0.15) is 4.70 Å². The molecule has 3 aromatic heterocycles. The molecule has 1 amide bonds. The lowest BCUT2D eigenvalue weighted by Gasteiger charge is -2.13. The standard InChI is InChI=1S/C22H23N5O3S2/c1-13-5-6-14(2)16(10-13)23-18(28)12-32-22-25-24-21-26(11-15-4-3-8-30-15)20(29)19-17(27(21)22)7-9-31-19/h5-7,9-10,15H,3-4,8,11-12H2,1-2H3,(H,23,28). The summed E-state index contributed by atoms with van der Waals surface area (Å²) < 4.78 is 9.92. The van der Waals surface area contributed by atoms with Crippen molar-refractivity contribution in [3.05, 3.63) is 51.1 Å². The van der Waals surface area contributed by atoms with Gasteiger partial charge in [-0.15, -0.1) is 21.5 Å². The average Bonchev–Trinajstić information content (AvgIpc) is 3.52. The van der Waals surface area contributed by atoms with Gasteiger partial charge in [0.2, 0.25) is 11.7 Å². The van der Waals surface area contributed by atoms with Crippen LogP contribution in [0.2, 0.25) is 0 Å². The van der Waals surface area contributed by atoms with Gasteiger partial charge in [0.05, 0.1) is 23.9 Å². The van der Waals surface area contributed by atoms with Gasteiger partial charge in [-0.3, -0.25) is 18.6 Å². The van der Waals surface area contributed by atoms with Crippen LogP contribution in [0.25, 0.3) is 16.0 Å². The summed E-state index contributed by atoms with van der Waals surface area (Å²) in [5.41, 5.74) is 3.61. The topological polar surface area (TPSA) is 90.5 Å². The zero-order chi connectivity index (χ0) is 22.2. The van der Waals surface area contributed by atoms with E-state index in [-0.39, 0.29) is 23.3 Å². The summed E-state index contributed by atoms with van der Waals surface area (Å²) in [6, 6.07) is 7.87. The van der Waals surface area contributed by atoms with Crippen molar-refractivity contribution < 1.29 is 9.53 Å². The number of aromatic nitrogens is 4. The van der Waals surface area contributed by atoms with Gasteiger partial charge in [0.25, 0.3) is 5.56 Å². The van der Waals surface area contributed by atoms with Gasteiger partial charge >= 0.3 is 0 Å². The molecule has 1 N–H and O–H groups in total. The molecule has 1 saturated heterocycles. The number of carbonyl (C=O) groups excluding carboxylic acids is 1. The maximum absolute atomic E-state index is 13.1. The molecule has 0 bridgehead atoms. The Morgan fingerprint density at radius 1 is 1.31 bits per heavy atom. The van der Waals surface area contributed by atoms with Crippen LogP contribution in [0.15, 0.2) is 39.6 Å². The van der Waals surface area contributed by atoms with Crippen LogP contribution in [0.3, 0.4) is 0 Å². The van der Waals surface area contributed by atoms with Crippen molar-refractivity contribution in [2.75, 3.05) is 17.7 Å². The molecule has 0 radical (unpaired) electrons. The minimum absolute atomic E-state index is 0.00469. The monoisotopic (exact) mass is 469 g/mol. The number of nitrogens with one attached hydrogen (secondary N) is 1. The van der Waals surface area contributed by atoms with Gasteiger partial charge in [-0.2, -0.15) is 0 Å². The maximum Gasteiger partial charge on any atom is 0.272 e. The molecule has 1 aliphatic rings. The summed E-state index contributed by atoms with van der Waals surface area (Å²) in [4.78, 5) is 25.7. The molecule has 1 aliphatic heterocycles. The van der Waals surface area contributed by atoms with Gasteiger partial charge in [0.15, 0.2) is 5.16 Å². The van der Waals surface area contributed by atoms with Crippen molar-refractivity contribution in [2.24, 2.45) is 0 Å². The molecule has 5 rings (SSSR count). The molecular weight excluding hydrogens is 446 g/mol. The van der Waals surface area contributed by atoms with Crippen LogP contribution in [0.1, 0.15) is 24.0 Å². The van der Waals surface area contributed by atoms with E-state index in [0.717, 1.165) is 41.8 Å². The summed E-state index contributed by atoms with van der Waals surface area (Å²) in [6.07, 6.45) is 1.93. The number of thioether (sulfide) groups is 1. The molecule has 10 heteroatoms. The second-order valence-electron chi connectivity index (χ2n) is 7.96. The van der Waals surface area contributed by atoms with E-state index in [1.165, 1.54) is 23.1 Å². The number of ether oxygens (including phenoxy) is 1. The summed E-state index contributed by atoms with van der Waals surface area (Å²) in [6.45, 7) is 5.13. The van der Waals surface area contributed by atoms with Crippen molar-refractivity contribution in [1.29, 1.82) is 0 Å². The van der Waals surface area contributed by atoms with E-state index in [4.69, 9.17) is 4.74 Å². The fourth-order valence-corrected chi connectivity index (χ4v) is 5.50. The number of thiophene rings is 1. The molecule has 166 valence electrons. The Morgan fingerprint density at radius 3 is 3.00 bits per heavy atom. The van der Waals surface area contributed by atoms with Crippen molar-refractivity contribution in [1.82, 2.24) is 19.2 Å². The maximum atomic E-state index is 13.1. The normalized spacial score (nSPS) is 16.2. The molecule has 1 fully saturated rings. The van der Waals surface area contributed by atoms with Crippen LogP contribution in [0, 0.1) is 13.8 Å². The Balaban J connectivity index is 1.43. The molecule has 1 unspecified atom stereocenters. The molecule has 0 aliphatic carbocycles. The number of anilines is 1. The van der Waals surface area contributed by atoms with Crippen LogP contribution < -0.4 is 10.9 Å². The smallest absolute Gasteiger partial charge is 0.272 e. The van der Waals surface area contributed by atoms with E-state index in [9.17, 15) is 9.59 Å².